The maximum atomic E-state index is 12.2. The summed E-state index contributed by atoms with van der Waals surface area (Å²) in [5.74, 6) is -0.145. The van der Waals surface area contributed by atoms with Crippen LogP contribution in [0, 0.1) is 6.92 Å². The number of aryl methyl sites for hydroxylation is 1. The van der Waals surface area contributed by atoms with Crippen LogP contribution in [-0.2, 0) is 16.1 Å². The molecule has 4 rings (SSSR count). The van der Waals surface area contributed by atoms with Crippen LogP contribution < -0.4 is 5.56 Å². The van der Waals surface area contributed by atoms with Gasteiger partial charge in [0.2, 0.25) is 0 Å². The first-order valence-corrected chi connectivity index (χ1v) is 9.83. The molecule has 0 bridgehead atoms. The fourth-order valence-electron chi connectivity index (χ4n) is 2.93. The molecule has 2 aromatic heterocycles. The van der Waals surface area contributed by atoms with E-state index in [1.165, 1.54) is 27.6 Å². The van der Waals surface area contributed by atoms with Gasteiger partial charge in [-0.05, 0) is 41.5 Å². The van der Waals surface area contributed by atoms with E-state index in [0.29, 0.717) is 11.3 Å². The normalized spacial score (nSPS) is 11.0. The van der Waals surface area contributed by atoms with Crippen molar-refractivity contribution in [3.63, 3.8) is 0 Å². The van der Waals surface area contributed by atoms with Gasteiger partial charge >= 0.3 is 5.97 Å². The standard InChI is InChI=1S/C22H18N2O3S/c1-15-6-9-20-23-18(11-21(25)24(20)12-15)13-27-22(26)14-28-19-8-7-16-4-2-3-5-17(16)10-19/h2-12H,13-14H2,1H3. The molecule has 0 saturated heterocycles. The molecule has 28 heavy (non-hydrogen) atoms. The van der Waals surface area contributed by atoms with Crippen LogP contribution in [-0.4, -0.2) is 21.1 Å². The summed E-state index contributed by atoms with van der Waals surface area (Å²) in [5.41, 5.74) is 1.76. The summed E-state index contributed by atoms with van der Waals surface area (Å²) in [6.07, 6.45) is 1.74. The lowest BCUT2D eigenvalue weighted by Crippen LogP contribution is -2.17. The number of fused-ring (bicyclic) bond motifs is 2. The van der Waals surface area contributed by atoms with Crippen molar-refractivity contribution in [2.45, 2.75) is 18.4 Å². The molecule has 0 spiro atoms. The third kappa shape index (κ3) is 4.07. The highest BCUT2D eigenvalue weighted by molar-refractivity contribution is 8.00. The van der Waals surface area contributed by atoms with Crippen molar-refractivity contribution in [2.75, 3.05) is 5.75 Å². The maximum Gasteiger partial charge on any atom is 0.316 e. The highest BCUT2D eigenvalue weighted by atomic mass is 32.2. The maximum absolute atomic E-state index is 12.2. The smallest absolute Gasteiger partial charge is 0.316 e. The van der Waals surface area contributed by atoms with E-state index in [9.17, 15) is 9.59 Å². The molecule has 0 aliphatic carbocycles. The molecule has 0 aliphatic heterocycles. The topological polar surface area (TPSA) is 60.7 Å². The van der Waals surface area contributed by atoms with Crippen LogP contribution in [0.25, 0.3) is 16.4 Å². The van der Waals surface area contributed by atoms with E-state index >= 15 is 0 Å². The molecule has 0 atom stereocenters. The van der Waals surface area contributed by atoms with E-state index in [1.807, 2.05) is 43.3 Å². The molecule has 140 valence electrons. The van der Waals surface area contributed by atoms with Crippen molar-refractivity contribution < 1.29 is 9.53 Å². The van der Waals surface area contributed by atoms with Crippen molar-refractivity contribution >= 4 is 34.2 Å². The number of hydrogen-bond acceptors (Lipinski definition) is 5. The zero-order valence-corrected chi connectivity index (χ0v) is 16.1. The van der Waals surface area contributed by atoms with Gasteiger partial charge in [0.05, 0.1) is 11.4 Å². The second-order valence-electron chi connectivity index (χ2n) is 6.48. The second-order valence-corrected chi connectivity index (χ2v) is 7.53. The van der Waals surface area contributed by atoms with Crippen LogP contribution in [0.15, 0.2) is 76.6 Å². The van der Waals surface area contributed by atoms with Crippen LogP contribution in [0.2, 0.25) is 0 Å². The van der Waals surface area contributed by atoms with E-state index < -0.39 is 0 Å². The Morgan fingerprint density at radius 3 is 2.75 bits per heavy atom. The average molecular weight is 390 g/mol. The summed E-state index contributed by atoms with van der Waals surface area (Å²) in [7, 11) is 0. The highest BCUT2D eigenvalue weighted by Crippen LogP contribution is 2.23. The van der Waals surface area contributed by atoms with Crippen LogP contribution >= 0.6 is 11.8 Å². The number of benzene rings is 2. The van der Waals surface area contributed by atoms with E-state index in [1.54, 1.807) is 12.3 Å². The zero-order valence-electron chi connectivity index (χ0n) is 15.3. The molecule has 4 aromatic rings. The van der Waals surface area contributed by atoms with Crippen LogP contribution in [0.3, 0.4) is 0 Å². The van der Waals surface area contributed by atoms with Gasteiger partial charge in [0, 0.05) is 17.2 Å². The summed E-state index contributed by atoms with van der Waals surface area (Å²) in [4.78, 5) is 29.7. The number of hydrogen-bond donors (Lipinski definition) is 0. The quantitative estimate of drug-likeness (QED) is 0.381. The van der Waals surface area contributed by atoms with Gasteiger partial charge in [0.25, 0.3) is 5.56 Å². The molecule has 0 saturated carbocycles. The number of nitrogens with zero attached hydrogens (tertiary/aromatic N) is 2. The molecule has 0 aliphatic rings. The van der Waals surface area contributed by atoms with Crippen molar-refractivity contribution in [1.29, 1.82) is 0 Å². The first kappa shape index (κ1) is 18.3. The molecular weight excluding hydrogens is 372 g/mol. The predicted molar refractivity (Wildman–Crippen MR) is 111 cm³/mol. The van der Waals surface area contributed by atoms with Gasteiger partial charge in [0.1, 0.15) is 12.3 Å². The van der Waals surface area contributed by atoms with Crippen LogP contribution in [0.1, 0.15) is 11.3 Å². The van der Waals surface area contributed by atoms with Gasteiger partial charge < -0.3 is 4.74 Å². The Hall–Kier alpha value is -3.12. The zero-order chi connectivity index (χ0) is 19.5. The Labute approximate surface area is 166 Å². The summed E-state index contributed by atoms with van der Waals surface area (Å²) in [6.45, 7) is 1.89. The largest absolute Gasteiger partial charge is 0.459 e. The molecule has 0 fully saturated rings. The molecule has 0 amide bonds. The number of carbonyl (C=O) groups excluding carboxylic acids is 1. The molecule has 2 heterocycles. The van der Waals surface area contributed by atoms with E-state index in [0.717, 1.165) is 15.8 Å². The Morgan fingerprint density at radius 2 is 1.89 bits per heavy atom. The Kier molecular flexibility index (Phi) is 5.12. The van der Waals surface area contributed by atoms with Crippen molar-refractivity contribution in [1.82, 2.24) is 9.38 Å². The minimum absolute atomic E-state index is 0.0171. The van der Waals surface area contributed by atoms with Gasteiger partial charge in [0.15, 0.2) is 0 Å². The number of esters is 1. The Balaban J connectivity index is 1.38. The summed E-state index contributed by atoms with van der Waals surface area (Å²) in [6, 6.07) is 19.2. The fourth-order valence-corrected chi connectivity index (χ4v) is 3.67. The summed E-state index contributed by atoms with van der Waals surface area (Å²) < 4.78 is 6.78. The lowest BCUT2D eigenvalue weighted by molar-refractivity contribution is -0.141. The number of pyridine rings is 1. The molecule has 0 N–H and O–H groups in total. The number of carbonyl (C=O) groups is 1. The number of ether oxygens (including phenoxy) is 1. The average Bonchev–Trinajstić information content (AvgIpc) is 2.71. The van der Waals surface area contributed by atoms with Gasteiger partial charge in [-0.2, -0.15) is 0 Å². The Morgan fingerprint density at radius 1 is 1.07 bits per heavy atom. The van der Waals surface area contributed by atoms with Gasteiger partial charge in [-0.1, -0.05) is 36.4 Å². The molecule has 5 nitrogen and oxygen atoms in total. The summed E-state index contributed by atoms with van der Waals surface area (Å²) >= 11 is 1.43. The Bertz CT molecular complexity index is 1230. The van der Waals surface area contributed by atoms with Crippen LogP contribution in [0.5, 0.6) is 0 Å². The summed E-state index contributed by atoms with van der Waals surface area (Å²) in [5, 5.41) is 2.30. The monoisotopic (exact) mass is 390 g/mol. The second kappa shape index (κ2) is 7.86. The first-order chi connectivity index (χ1) is 13.6. The van der Waals surface area contributed by atoms with Crippen molar-refractivity contribution in [3.05, 3.63) is 88.5 Å². The SMILES string of the molecule is Cc1ccc2nc(COC(=O)CSc3ccc4ccccc4c3)cc(=O)n2c1. The fraction of sp³-hybridized carbons (Fsp3) is 0.136. The molecular formula is C22H18N2O3S. The molecule has 6 heteroatoms. The third-order valence-corrected chi connectivity index (χ3v) is 5.29. The number of thioether (sulfide) groups is 1. The van der Waals surface area contributed by atoms with Crippen LogP contribution in [0.4, 0.5) is 0 Å². The highest BCUT2D eigenvalue weighted by Gasteiger charge is 2.08. The lowest BCUT2D eigenvalue weighted by Gasteiger charge is -2.07. The molecule has 2 aromatic carbocycles. The minimum atomic E-state index is -0.343. The van der Waals surface area contributed by atoms with Gasteiger partial charge in [-0.15, -0.1) is 11.8 Å². The van der Waals surface area contributed by atoms with Crippen molar-refractivity contribution in [3.8, 4) is 0 Å². The minimum Gasteiger partial charge on any atom is -0.459 e. The van der Waals surface area contributed by atoms with E-state index in [-0.39, 0.29) is 23.9 Å². The third-order valence-electron chi connectivity index (χ3n) is 4.32. The van der Waals surface area contributed by atoms with Crippen molar-refractivity contribution in [2.24, 2.45) is 0 Å². The van der Waals surface area contributed by atoms with E-state index in [4.69, 9.17) is 4.74 Å². The number of aromatic nitrogens is 2. The van der Waals surface area contributed by atoms with Gasteiger partial charge in [-0.25, -0.2) is 4.98 Å². The predicted octanol–water partition coefficient (Wildman–Crippen LogP) is 3.99. The first-order valence-electron chi connectivity index (χ1n) is 8.85. The molecule has 0 unspecified atom stereocenters. The number of rotatable bonds is 5. The van der Waals surface area contributed by atoms with Gasteiger partial charge in [-0.3, -0.25) is 14.0 Å². The lowest BCUT2D eigenvalue weighted by atomic mass is 10.1. The van der Waals surface area contributed by atoms with E-state index in [2.05, 4.69) is 17.1 Å². The molecule has 0 radical (unpaired) electrons.